The van der Waals surface area contributed by atoms with Crippen molar-refractivity contribution < 1.29 is 0 Å². The summed E-state index contributed by atoms with van der Waals surface area (Å²) >= 11 is 0. The van der Waals surface area contributed by atoms with Crippen molar-refractivity contribution >= 4 is 5.82 Å². The zero-order valence-corrected chi connectivity index (χ0v) is 10.9. The van der Waals surface area contributed by atoms with Crippen LogP contribution in [0.1, 0.15) is 25.0 Å². The van der Waals surface area contributed by atoms with E-state index >= 15 is 0 Å². The van der Waals surface area contributed by atoms with Crippen LogP contribution in [0.5, 0.6) is 0 Å². The van der Waals surface area contributed by atoms with E-state index in [0.717, 1.165) is 18.3 Å². The largest absolute Gasteiger partial charge is 0.370 e. The van der Waals surface area contributed by atoms with Crippen molar-refractivity contribution in [3.63, 3.8) is 0 Å². The lowest BCUT2D eigenvalue weighted by Crippen LogP contribution is -2.30. The Hall–Kier alpha value is -1.60. The molecule has 0 atom stereocenters. The Morgan fingerprint density at radius 1 is 1.44 bits per heavy atom. The number of rotatable bonds is 4. The number of hydrogen-bond acceptors (Lipinski definition) is 4. The van der Waals surface area contributed by atoms with Gasteiger partial charge >= 0.3 is 0 Å². The predicted octanol–water partition coefficient (Wildman–Crippen LogP) is 2.10. The van der Waals surface area contributed by atoms with Crippen molar-refractivity contribution in [3.05, 3.63) is 23.9 Å². The third kappa shape index (κ3) is 3.71. The number of piperidine rings is 1. The first kappa shape index (κ1) is 12.8. The van der Waals surface area contributed by atoms with Crippen LogP contribution < -0.4 is 5.32 Å². The van der Waals surface area contributed by atoms with Gasteiger partial charge in [0.2, 0.25) is 0 Å². The Morgan fingerprint density at radius 3 is 2.94 bits per heavy atom. The van der Waals surface area contributed by atoms with Gasteiger partial charge in [-0.2, -0.15) is 5.26 Å². The molecule has 1 aliphatic rings. The molecule has 0 aliphatic carbocycles. The molecule has 18 heavy (non-hydrogen) atoms. The van der Waals surface area contributed by atoms with E-state index in [-0.39, 0.29) is 0 Å². The van der Waals surface area contributed by atoms with E-state index < -0.39 is 0 Å². The molecular formula is C14H20N4. The number of pyridine rings is 1. The molecule has 0 saturated carbocycles. The van der Waals surface area contributed by atoms with Gasteiger partial charge in [-0.25, -0.2) is 4.98 Å². The van der Waals surface area contributed by atoms with Gasteiger partial charge in [-0.05, 0) is 57.5 Å². The van der Waals surface area contributed by atoms with Crippen LogP contribution >= 0.6 is 0 Å². The van der Waals surface area contributed by atoms with Gasteiger partial charge in [0.05, 0.1) is 0 Å². The number of hydrogen-bond donors (Lipinski definition) is 1. The molecule has 1 fully saturated rings. The maximum Gasteiger partial charge on any atom is 0.142 e. The first-order valence-electron chi connectivity index (χ1n) is 6.57. The quantitative estimate of drug-likeness (QED) is 0.881. The molecule has 1 aromatic rings. The molecule has 2 rings (SSSR count). The van der Waals surface area contributed by atoms with Crippen LogP contribution in [0.15, 0.2) is 18.2 Å². The van der Waals surface area contributed by atoms with Crippen molar-refractivity contribution in [2.45, 2.75) is 19.3 Å². The molecule has 0 radical (unpaired) electrons. The number of nitrogens with one attached hydrogen (secondary N) is 1. The molecule has 4 nitrogen and oxygen atoms in total. The van der Waals surface area contributed by atoms with Crippen molar-refractivity contribution in [1.29, 1.82) is 5.26 Å². The lowest BCUT2D eigenvalue weighted by atomic mass is 9.94. The second-order valence-corrected chi connectivity index (χ2v) is 4.98. The molecule has 1 aromatic heterocycles. The zero-order chi connectivity index (χ0) is 12.8. The maximum absolute atomic E-state index is 8.77. The van der Waals surface area contributed by atoms with Crippen LogP contribution in [0.2, 0.25) is 0 Å². The highest BCUT2D eigenvalue weighted by atomic mass is 15.1. The highest BCUT2D eigenvalue weighted by molar-refractivity contribution is 5.38. The molecule has 1 N–H and O–H groups in total. The highest BCUT2D eigenvalue weighted by Crippen LogP contribution is 2.19. The molecule has 96 valence electrons. The summed E-state index contributed by atoms with van der Waals surface area (Å²) in [6.07, 6.45) is 3.78. The molecular weight excluding hydrogens is 224 g/mol. The van der Waals surface area contributed by atoms with E-state index in [0.29, 0.717) is 5.69 Å². The molecule has 0 spiro atoms. The molecule has 4 heteroatoms. The first-order chi connectivity index (χ1) is 8.78. The molecule has 1 saturated heterocycles. The predicted molar refractivity (Wildman–Crippen MR) is 72.3 cm³/mol. The van der Waals surface area contributed by atoms with Gasteiger partial charge in [-0.15, -0.1) is 0 Å². The van der Waals surface area contributed by atoms with E-state index in [2.05, 4.69) is 28.3 Å². The lowest BCUT2D eigenvalue weighted by molar-refractivity contribution is 0.215. The van der Waals surface area contributed by atoms with E-state index in [4.69, 9.17) is 5.26 Å². The minimum atomic E-state index is 0.472. The molecule has 0 bridgehead atoms. The van der Waals surface area contributed by atoms with Crippen molar-refractivity contribution in [1.82, 2.24) is 9.88 Å². The Morgan fingerprint density at radius 2 is 2.22 bits per heavy atom. The molecule has 0 unspecified atom stereocenters. The SMILES string of the molecule is CN1CCC(CCNc2cccc(C#N)n2)CC1. The number of likely N-dealkylation sites (tertiary alicyclic amines) is 1. The van der Waals surface area contributed by atoms with Crippen molar-refractivity contribution in [3.8, 4) is 6.07 Å². The van der Waals surface area contributed by atoms with E-state index in [1.54, 1.807) is 6.07 Å². The second-order valence-electron chi connectivity index (χ2n) is 4.98. The average Bonchev–Trinajstić information content (AvgIpc) is 2.41. The average molecular weight is 244 g/mol. The number of nitriles is 1. The normalized spacial score (nSPS) is 17.3. The third-order valence-corrected chi connectivity index (χ3v) is 3.56. The Labute approximate surface area is 109 Å². The van der Waals surface area contributed by atoms with Gasteiger partial charge in [0.15, 0.2) is 0 Å². The van der Waals surface area contributed by atoms with Gasteiger partial charge in [0.25, 0.3) is 0 Å². The Balaban J connectivity index is 1.73. The zero-order valence-electron chi connectivity index (χ0n) is 10.9. The molecule has 1 aliphatic heterocycles. The summed E-state index contributed by atoms with van der Waals surface area (Å²) in [6, 6.07) is 7.56. The third-order valence-electron chi connectivity index (χ3n) is 3.56. The summed E-state index contributed by atoms with van der Waals surface area (Å²) in [5.41, 5.74) is 0.472. The van der Waals surface area contributed by atoms with Crippen LogP contribution in [0.4, 0.5) is 5.82 Å². The van der Waals surface area contributed by atoms with Crippen LogP contribution in [0.25, 0.3) is 0 Å². The first-order valence-corrected chi connectivity index (χ1v) is 6.57. The summed E-state index contributed by atoms with van der Waals surface area (Å²) in [5, 5.41) is 12.1. The topological polar surface area (TPSA) is 52.0 Å². The molecule has 0 aromatic carbocycles. The van der Waals surface area contributed by atoms with E-state index in [1.165, 1.54) is 32.4 Å². The maximum atomic E-state index is 8.77. The van der Waals surface area contributed by atoms with E-state index in [9.17, 15) is 0 Å². The van der Waals surface area contributed by atoms with Crippen LogP contribution in [-0.4, -0.2) is 36.6 Å². The monoisotopic (exact) mass is 244 g/mol. The van der Waals surface area contributed by atoms with E-state index in [1.807, 2.05) is 12.1 Å². The summed E-state index contributed by atoms with van der Waals surface area (Å²) in [7, 11) is 2.19. The van der Waals surface area contributed by atoms with Crippen LogP contribution in [0.3, 0.4) is 0 Å². The fourth-order valence-electron chi connectivity index (χ4n) is 2.35. The van der Waals surface area contributed by atoms with Crippen molar-refractivity contribution in [2.24, 2.45) is 5.92 Å². The highest BCUT2D eigenvalue weighted by Gasteiger charge is 2.15. The van der Waals surface area contributed by atoms with Crippen LogP contribution in [0, 0.1) is 17.2 Å². The summed E-state index contributed by atoms with van der Waals surface area (Å²) < 4.78 is 0. The summed E-state index contributed by atoms with van der Waals surface area (Å²) in [6.45, 7) is 3.37. The second kappa shape index (κ2) is 6.36. The minimum Gasteiger partial charge on any atom is -0.370 e. The fourth-order valence-corrected chi connectivity index (χ4v) is 2.35. The number of nitrogens with zero attached hydrogens (tertiary/aromatic N) is 3. The summed E-state index contributed by atoms with van der Waals surface area (Å²) in [5.74, 6) is 1.63. The lowest BCUT2D eigenvalue weighted by Gasteiger charge is -2.28. The molecule has 2 heterocycles. The van der Waals surface area contributed by atoms with Crippen LogP contribution in [-0.2, 0) is 0 Å². The number of aromatic nitrogens is 1. The van der Waals surface area contributed by atoms with Crippen molar-refractivity contribution in [2.75, 3.05) is 32.0 Å². The standard InChI is InChI=1S/C14H20N4/c1-18-9-6-12(7-10-18)5-8-16-14-4-2-3-13(11-15)17-14/h2-4,12H,5-10H2,1H3,(H,16,17). The van der Waals surface area contributed by atoms with Gasteiger partial charge in [-0.1, -0.05) is 6.07 Å². The minimum absolute atomic E-state index is 0.472. The Bertz CT molecular complexity index is 416. The number of anilines is 1. The smallest absolute Gasteiger partial charge is 0.142 e. The van der Waals surface area contributed by atoms with Gasteiger partial charge < -0.3 is 10.2 Å². The Kier molecular flexibility index (Phi) is 4.54. The fraction of sp³-hybridized carbons (Fsp3) is 0.571. The molecule has 0 amide bonds. The van der Waals surface area contributed by atoms with Gasteiger partial charge in [0, 0.05) is 6.54 Å². The van der Waals surface area contributed by atoms with Gasteiger partial charge in [-0.3, -0.25) is 0 Å². The van der Waals surface area contributed by atoms with Gasteiger partial charge in [0.1, 0.15) is 17.6 Å². The summed E-state index contributed by atoms with van der Waals surface area (Å²) in [4.78, 5) is 6.60.